The highest BCUT2D eigenvalue weighted by Gasteiger charge is 2.30. The fourth-order valence-corrected chi connectivity index (χ4v) is 2.40. The van der Waals surface area contributed by atoms with Crippen LogP contribution >= 0.6 is 11.6 Å². The van der Waals surface area contributed by atoms with E-state index in [0.717, 1.165) is 6.07 Å². The van der Waals surface area contributed by atoms with Crippen molar-refractivity contribution >= 4 is 34.9 Å². The maximum absolute atomic E-state index is 11.8. The fraction of sp³-hybridized carbons (Fsp3) is 0.500. The summed E-state index contributed by atoms with van der Waals surface area (Å²) in [6.45, 7) is 5.67. The fourth-order valence-electron chi connectivity index (χ4n) is 2.15. The third-order valence-corrected chi connectivity index (χ3v) is 4.04. The van der Waals surface area contributed by atoms with Gasteiger partial charge in [-0.1, -0.05) is 32.4 Å². The molecule has 9 heteroatoms. The lowest BCUT2D eigenvalue weighted by Gasteiger charge is -2.31. The van der Waals surface area contributed by atoms with E-state index in [2.05, 4.69) is 15.4 Å². The zero-order valence-corrected chi connectivity index (χ0v) is 15.6. The van der Waals surface area contributed by atoms with Crippen molar-refractivity contribution in [1.29, 1.82) is 0 Å². The van der Waals surface area contributed by atoms with Gasteiger partial charge in [-0.25, -0.2) is 0 Å². The molecule has 1 rings (SSSR count). The number of nitrogens with one attached hydrogen (secondary N) is 2. The quantitative estimate of drug-likeness (QED) is 0.451. The number of hydrogen-bond acceptors (Lipinski definition) is 6. The Balaban J connectivity index is 3.34. The number of hydrogen-bond donors (Lipinski definition) is 2. The molecule has 0 aromatic heterocycles. The molecule has 0 saturated heterocycles. The molecule has 1 aromatic rings. The Morgan fingerprint density at radius 3 is 2.40 bits per heavy atom. The zero-order valence-electron chi connectivity index (χ0n) is 14.8. The Morgan fingerprint density at radius 1 is 1.36 bits per heavy atom. The first-order valence-corrected chi connectivity index (χ1v) is 7.92. The number of amides is 1. The van der Waals surface area contributed by atoms with Gasteiger partial charge >= 0.3 is 5.97 Å². The molecular weight excluding hydrogens is 350 g/mol. The molecule has 0 aliphatic heterocycles. The van der Waals surface area contributed by atoms with E-state index in [-0.39, 0.29) is 28.4 Å². The smallest absolute Gasteiger partial charge is 0.307 e. The van der Waals surface area contributed by atoms with E-state index in [1.165, 1.54) is 20.2 Å². The first kappa shape index (κ1) is 20.7. The Bertz CT molecular complexity index is 685. The highest BCUT2D eigenvalue weighted by molar-refractivity contribution is 6.34. The standard InChI is InChI=1S/C16H22ClN3O5/c1-16(2,3)13(8-14(21)25-5)19-11-7-10(17)9(15(22)18-4)6-12(11)20(23)24/h6-7,13,19H,8H2,1-5H3,(H,18,22)/t13-/m0/s1. The molecule has 0 unspecified atom stereocenters. The molecule has 0 heterocycles. The summed E-state index contributed by atoms with van der Waals surface area (Å²) in [5.41, 5.74) is -0.566. The molecule has 0 saturated carbocycles. The van der Waals surface area contributed by atoms with Gasteiger partial charge in [0.25, 0.3) is 11.6 Å². The van der Waals surface area contributed by atoms with E-state index in [1.807, 2.05) is 20.8 Å². The van der Waals surface area contributed by atoms with Crippen molar-refractivity contribution in [3.8, 4) is 0 Å². The number of methoxy groups -OCH3 is 1. The van der Waals surface area contributed by atoms with Gasteiger partial charge in [-0.15, -0.1) is 0 Å². The van der Waals surface area contributed by atoms with Crippen LogP contribution < -0.4 is 10.6 Å². The average Bonchev–Trinajstić information content (AvgIpc) is 2.52. The van der Waals surface area contributed by atoms with Gasteiger partial charge in [-0.05, 0) is 11.5 Å². The number of ether oxygens (including phenoxy) is 1. The predicted molar refractivity (Wildman–Crippen MR) is 95.0 cm³/mol. The molecule has 0 spiro atoms. The number of nitro benzene ring substituents is 1. The highest BCUT2D eigenvalue weighted by Crippen LogP contribution is 2.34. The first-order valence-electron chi connectivity index (χ1n) is 7.54. The number of anilines is 1. The molecule has 0 aliphatic carbocycles. The number of carbonyl (C=O) groups is 2. The maximum Gasteiger partial charge on any atom is 0.307 e. The van der Waals surface area contributed by atoms with Crippen molar-refractivity contribution in [3.63, 3.8) is 0 Å². The van der Waals surface area contributed by atoms with Gasteiger partial charge in [0.1, 0.15) is 5.69 Å². The molecule has 1 amide bonds. The average molecular weight is 372 g/mol. The van der Waals surface area contributed by atoms with Crippen LogP contribution in [-0.2, 0) is 9.53 Å². The lowest BCUT2D eigenvalue weighted by atomic mass is 9.84. The van der Waals surface area contributed by atoms with E-state index in [4.69, 9.17) is 11.6 Å². The molecule has 138 valence electrons. The van der Waals surface area contributed by atoms with Crippen LogP contribution in [0.4, 0.5) is 11.4 Å². The van der Waals surface area contributed by atoms with E-state index in [0.29, 0.717) is 0 Å². The Labute approximate surface area is 151 Å². The normalized spacial score (nSPS) is 12.2. The van der Waals surface area contributed by atoms with Crippen molar-refractivity contribution in [2.75, 3.05) is 19.5 Å². The van der Waals surface area contributed by atoms with Crippen LogP contribution in [0.3, 0.4) is 0 Å². The van der Waals surface area contributed by atoms with Crippen molar-refractivity contribution in [3.05, 3.63) is 32.8 Å². The molecule has 25 heavy (non-hydrogen) atoms. The van der Waals surface area contributed by atoms with E-state index >= 15 is 0 Å². The molecule has 8 nitrogen and oxygen atoms in total. The van der Waals surface area contributed by atoms with Crippen LogP contribution in [0.1, 0.15) is 37.6 Å². The van der Waals surface area contributed by atoms with Gasteiger partial charge in [-0.2, -0.15) is 0 Å². The van der Waals surface area contributed by atoms with Crippen molar-refractivity contribution < 1.29 is 19.2 Å². The van der Waals surface area contributed by atoms with Crippen molar-refractivity contribution in [1.82, 2.24) is 5.32 Å². The maximum atomic E-state index is 11.8. The number of nitro groups is 1. The van der Waals surface area contributed by atoms with Crippen molar-refractivity contribution in [2.45, 2.75) is 33.2 Å². The molecular formula is C16H22ClN3O5. The topological polar surface area (TPSA) is 111 Å². The Morgan fingerprint density at radius 2 is 1.96 bits per heavy atom. The van der Waals surface area contributed by atoms with Crippen LogP contribution in [0, 0.1) is 15.5 Å². The monoisotopic (exact) mass is 371 g/mol. The Kier molecular flexibility index (Phi) is 6.75. The SMILES string of the molecule is CNC(=O)c1cc([N+](=O)[O-])c(N[C@@H](CC(=O)OC)C(C)(C)C)cc1Cl. The van der Waals surface area contributed by atoms with Crippen LogP contribution in [-0.4, -0.2) is 37.0 Å². The lowest BCUT2D eigenvalue weighted by molar-refractivity contribution is -0.384. The third kappa shape index (κ3) is 5.32. The van der Waals surface area contributed by atoms with Crippen LogP contribution in [0.15, 0.2) is 12.1 Å². The van der Waals surface area contributed by atoms with Gasteiger partial charge in [0.05, 0.1) is 29.0 Å². The highest BCUT2D eigenvalue weighted by atomic mass is 35.5. The summed E-state index contributed by atoms with van der Waals surface area (Å²) >= 11 is 6.10. The second-order valence-electron chi connectivity index (χ2n) is 6.53. The molecule has 0 aliphatic rings. The third-order valence-electron chi connectivity index (χ3n) is 3.73. The molecule has 0 fully saturated rings. The summed E-state index contributed by atoms with van der Waals surface area (Å²) in [6.07, 6.45) is 0.0198. The second kappa shape index (κ2) is 8.15. The molecule has 1 atom stereocenters. The summed E-state index contributed by atoms with van der Waals surface area (Å²) in [6, 6.07) is 1.99. The lowest BCUT2D eigenvalue weighted by Crippen LogP contribution is -2.36. The van der Waals surface area contributed by atoms with Gasteiger partial charge in [-0.3, -0.25) is 19.7 Å². The number of benzene rings is 1. The minimum atomic E-state index is -0.608. The Hall–Kier alpha value is -2.35. The molecule has 0 bridgehead atoms. The number of esters is 1. The van der Waals surface area contributed by atoms with Crippen LogP contribution in [0.2, 0.25) is 5.02 Å². The molecule has 1 aromatic carbocycles. The first-order chi connectivity index (χ1) is 11.5. The summed E-state index contributed by atoms with van der Waals surface area (Å²) < 4.78 is 4.69. The van der Waals surface area contributed by atoms with Gasteiger partial charge in [0.2, 0.25) is 0 Å². The summed E-state index contributed by atoms with van der Waals surface area (Å²) in [7, 11) is 2.68. The second-order valence-corrected chi connectivity index (χ2v) is 6.94. The van der Waals surface area contributed by atoms with Crippen LogP contribution in [0.25, 0.3) is 0 Å². The molecule has 0 radical (unpaired) electrons. The predicted octanol–water partition coefficient (Wildman–Crippen LogP) is 3.00. The van der Waals surface area contributed by atoms with Crippen molar-refractivity contribution in [2.24, 2.45) is 5.41 Å². The van der Waals surface area contributed by atoms with Gasteiger partial charge in [0.15, 0.2) is 0 Å². The number of rotatable bonds is 6. The minimum Gasteiger partial charge on any atom is -0.469 e. The van der Waals surface area contributed by atoms with Crippen LogP contribution in [0.5, 0.6) is 0 Å². The largest absolute Gasteiger partial charge is 0.469 e. The van der Waals surface area contributed by atoms with Gasteiger partial charge in [0, 0.05) is 19.2 Å². The van der Waals surface area contributed by atoms with E-state index in [1.54, 1.807) is 0 Å². The number of halogens is 1. The van der Waals surface area contributed by atoms with E-state index in [9.17, 15) is 19.7 Å². The van der Waals surface area contributed by atoms with Gasteiger partial charge < -0.3 is 15.4 Å². The zero-order chi connectivity index (χ0) is 19.4. The molecule has 2 N–H and O–H groups in total. The summed E-state index contributed by atoms with van der Waals surface area (Å²) in [4.78, 5) is 34.2. The summed E-state index contributed by atoms with van der Waals surface area (Å²) in [5.74, 6) is -0.968. The summed E-state index contributed by atoms with van der Waals surface area (Å²) in [5, 5.41) is 16.9. The number of carbonyl (C=O) groups excluding carboxylic acids is 2. The minimum absolute atomic E-state index is 0.00157. The van der Waals surface area contributed by atoms with E-state index < -0.39 is 28.3 Å². The number of nitrogens with zero attached hydrogens (tertiary/aromatic N) is 1.